The van der Waals surface area contributed by atoms with Gasteiger partial charge in [-0.05, 0) is 26.0 Å². The van der Waals surface area contributed by atoms with Crippen molar-refractivity contribution in [3.63, 3.8) is 0 Å². The molecule has 10 heteroatoms. The van der Waals surface area contributed by atoms with E-state index in [1.165, 1.54) is 0 Å². The highest BCUT2D eigenvalue weighted by atomic mass is 32.1. The van der Waals surface area contributed by atoms with E-state index in [4.69, 9.17) is 0 Å². The van der Waals surface area contributed by atoms with Gasteiger partial charge in [0.2, 0.25) is 11.1 Å². The average Bonchev–Trinajstić information content (AvgIpc) is 2.51. The van der Waals surface area contributed by atoms with Crippen LogP contribution in [0, 0.1) is 31.3 Å². The summed E-state index contributed by atoms with van der Waals surface area (Å²) in [6.07, 6.45) is 0. The zero-order chi connectivity index (χ0) is 17.4. The fourth-order valence-corrected chi connectivity index (χ4v) is 2.91. The quantitative estimate of drug-likeness (QED) is 0.557. The molecule has 0 aliphatic heterocycles. The standard InChI is InChI=1S/C14H10F3N5OS/c1-5-3-6(2)19-13(18-5)21-22-14-20-12(23)7-4-8(15)9(16)10(17)11(7)24-14/h3-4H,1-2H3,(H,18,19,21)(H,20,22,23). The number of aryl methyl sites for hydroxylation is 2. The van der Waals surface area contributed by atoms with E-state index < -0.39 is 23.0 Å². The lowest BCUT2D eigenvalue weighted by Gasteiger charge is -2.09. The highest BCUT2D eigenvalue weighted by Crippen LogP contribution is 2.27. The predicted molar refractivity (Wildman–Crippen MR) is 84.5 cm³/mol. The van der Waals surface area contributed by atoms with Crippen LogP contribution in [0.2, 0.25) is 0 Å². The summed E-state index contributed by atoms with van der Waals surface area (Å²) in [6, 6.07) is 2.40. The highest BCUT2D eigenvalue weighted by Gasteiger charge is 2.17. The fraction of sp³-hybridized carbons (Fsp3) is 0.143. The molecule has 0 atom stereocenters. The minimum atomic E-state index is -1.64. The van der Waals surface area contributed by atoms with Gasteiger partial charge in [-0.3, -0.25) is 15.6 Å². The molecule has 2 aromatic heterocycles. The minimum Gasteiger partial charge on any atom is -0.273 e. The molecular weight excluding hydrogens is 343 g/mol. The molecule has 1 aromatic carbocycles. The number of fused-ring (bicyclic) bond motifs is 1. The number of rotatable bonds is 3. The van der Waals surface area contributed by atoms with Crippen LogP contribution in [0.4, 0.5) is 24.3 Å². The topological polar surface area (TPSA) is 79.8 Å². The molecule has 0 fully saturated rings. The first-order valence-electron chi connectivity index (χ1n) is 6.68. The molecule has 0 amide bonds. The van der Waals surface area contributed by atoms with Crippen LogP contribution >= 0.6 is 11.3 Å². The molecule has 3 rings (SSSR count). The smallest absolute Gasteiger partial charge is 0.273 e. The number of nitrogens with one attached hydrogen (secondary N) is 2. The molecule has 3 aromatic rings. The van der Waals surface area contributed by atoms with E-state index in [0.717, 1.165) is 11.4 Å². The van der Waals surface area contributed by atoms with Crippen LogP contribution in [0.15, 0.2) is 16.9 Å². The molecule has 6 nitrogen and oxygen atoms in total. The van der Waals surface area contributed by atoms with Crippen molar-refractivity contribution in [1.29, 1.82) is 0 Å². The van der Waals surface area contributed by atoms with Crippen molar-refractivity contribution in [2.24, 2.45) is 0 Å². The summed E-state index contributed by atoms with van der Waals surface area (Å²) >= 11 is 0.656. The number of hydrazine groups is 1. The Morgan fingerprint density at radius 2 is 1.62 bits per heavy atom. The van der Waals surface area contributed by atoms with Crippen LogP contribution in [0.3, 0.4) is 0 Å². The minimum absolute atomic E-state index is 0.0415. The largest absolute Gasteiger partial charge is 0.281 e. The Morgan fingerprint density at radius 3 is 2.29 bits per heavy atom. The fourth-order valence-electron chi connectivity index (χ4n) is 2.05. The Bertz CT molecular complexity index is 988. The third-order valence-electron chi connectivity index (χ3n) is 3.01. The van der Waals surface area contributed by atoms with Crippen LogP contribution in [0.1, 0.15) is 11.4 Å². The Morgan fingerprint density at radius 1 is 0.958 bits per heavy atom. The number of benzene rings is 1. The maximum Gasteiger partial charge on any atom is 0.281 e. The summed E-state index contributed by atoms with van der Waals surface area (Å²) in [5.41, 5.74) is 5.74. The van der Waals surface area contributed by atoms with Gasteiger partial charge in [0, 0.05) is 11.4 Å². The summed E-state index contributed by atoms with van der Waals surface area (Å²) in [5, 5.41) is -0.371. The van der Waals surface area contributed by atoms with E-state index in [1.54, 1.807) is 19.9 Å². The average molecular weight is 353 g/mol. The maximum absolute atomic E-state index is 13.8. The normalized spacial score (nSPS) is 10.9. The van der Waals surface area contributed by atoms with Crippen molar-refractivity contribution in [3.8, 4) is 0 Å². The van der Waals surface area contributed by atoms with Gasteiger partial charge >= 0.3 is 0 Å². The van der Waals surface area contributed by atoms with Crippen molar-refractivity contribution in [3.05, 3.63) is 51.3 Å². The molecule has 0 radical (unpaired) electrons. The number of hydrogen-bond acceptors (Lipinski definition) is 7. The van der Waals surface area contributed by atoms with E-state index in [1.807, 2.05) is 0 Å². The molecule has 2 heterocycles. The van der Waals surface area contributed by atoms with Crippen molar-refractivity contribution in [2.45, 2.75) is 13.8 Å². The van der Waals surface area contributed by atoms with Crippen LogP contribution in [-0.2, 0) is 0 Å². The van der Waals surface area contributed by atoms with E-state index in [2.05, 4.69) is 25.8 Å². The molecule has 0 aliphatic carbocycles. The van der Waals surface area contributed by atoms with Gasteiger partial charge in [-0.2, -0.15) is 4.98 Å². The van der Waals surface area contributed by atoms with Crippen molar-refractivity contribution >= 4 is 32.5 Å². The number of halogens is 3. The Hall–Kier alpha value is -2.75. The van der Waals surface area contributed by atoms with Gasteiger partial charge in [-0.1, -0.05) is 11.3 Å². The molecule has 24 heavy (non-hydrogen) atoms. The second-order valence-electron chi connectivity index (χ2n) is 4.91. The summed E-state index contributed by atoms with van der Waals surface area (Å²) in [5.74, 6) is -4.28. The van der Waals surface area contributed by atoms with Gasteiger partial charge in [-0.15, -0.1) is 0 Å². The van der Waals surface area contributed by atoms with Gasteiger partial charge in [-0.25, -0.2) is 23.1 Å². The zero-order valence-corrected chi connectivity index (χ0v) is 13.3. The molecule has 0 saturated carbocycles. The highest BCUT2D eigenvalue weighted by molar-refractivity contribution is 7.21. The van der Waals surface area contributed by atoms with E-state index in [9.17, 15) is 18.0 Å². The van der Waals surface area contributed by atoms with Gasteiger partial charge in [0.05, 0.1) is 10.1 Å². The molecule has 2 N–H and O–H groups in total. The first-order valence-corrected chi connectivity index (χ1v) is 7.49. The summed E-state index contributed by atoms with van der Waals surface area (Å²) in [4.78, 5) is 23.7. The monoisotopic (exact) mass is 353 g/mol. The maximum atomic E-state index is 13.8. The number of nitrogens with zero attached hydrogens (tertiary/aromatic N) is 3. The van der Waals surface area contributed by atoms with Crippen LogP contribution in [0.5, 0.6) is 0 Å². The van der Waals surface area contributed by atoms with Gasteiger partial charge in [0.15, 0.2) is 17.5 Å². The summed E-state index contributed by atoms with van der Waals surface area (Å²) < 4.78 is 40.1. The SMILES string of the molecule is Cc1cc(C)nc(NNc2nc(=O)c3cc(F)c(F)c(F)c3s2)n1. The second-order valence-corrected chi connectivity index (χ2v) is 5.91. The zero-order valence-electron chi connectivity index (χ0n) is 12.4. The van der Waals surface area contributed by atoms with Crippen LogP contribution < -0.4 is 16.4 Å². The van der Waals surface area contributed by atoms with Gasteiger partial charge < -0.3 is 0 Å². The van der Waals surface area contributed by atoms with Gasteiger partial charge in [0.25, 0.3) is 5.56 Å². The Labute approximate surface area is 137 Å². The lowest BCUT2D eigenvalue weighted by Crippen LogP contribution is -2.16. The first-order chi connectivity index (χ1) is 11.3. The van der Waals surface area contributed by atoms with Crippen molar-refractivity contribution in [2.75, 3.05) is 10.9 Å². The van der Waals surface area contributed by atoms with E-state index >= 15 is 0 Å². The third-order valence-corrected chi connectivity index (χ3v) is 4.00. The predicted octanol–water partition coefficient (Wildman–Crippen LogP) is 2.92. The Balaban J connectivity index is 1.97. The van der Waals surface area contributed by atoms with Crippen molar-refractivity contribution in [1.82, 2.24) is 15.0 Å². The molecule has 0 saturated heterocycles. The molecule has 0 aliphatic rings. The second kappa shape index (κ2) is 6.04. The lowest BCUT2D eigenvalue weighted by molar-refractivity contribution is 0.454. The molecular formula is C14H10F3N5OS. The van der Waals surface area contributed by atoms with Crippen LogP contribution in [0.25, 0.3) is 10.1 Å². The van der Waals surface area contributed by atoms with E-state index in [0.29, 0.717) is 17.4 Å². The molecule has 124 valence electrons. The summed E-state index contributed by atoms with van der Waals surface area (Å²) in [7, 11) is 0. The lowest BCUT2D eigenvalue weighted by atomic mass is 10.2. The third kappa shape index (κ3) is 3.00. The molecule has 0 bridgehead atoms. The summed E-state index contributed by atoms with van der Waals surface area (Å²) in [6.45, 7) is 3.55. The first kappa shape index (κ1) is 16.1. The molecule has 0 spiro atoms. The number of aromatic nitrogens is 3. The Kier molecular flexibility index (Phi) is 4.06. The number of anilines is 2. The number of hydrogen-bond donors (Lipinski definition) is 2. The van der Waals surface area contributed by atoms with Crippen molar-refractivity contribution < 1.29 is 13.2 Å². The van der Waals surface area contributed by atoms with Gasteiger partial charge in [0.1, 0.15) is 0 Å². The van der Waals surface area contributed by atoms with E-state index in [-0.39, 0.29) is 21.2 Å². The van der Waals surface area contributed by atoms with Crippen LogP contribution in [-0.4, -0.2) is 15.0 Å². The molecule has 0 unspecified atom stereocenters.